The number of methoxy groups -OCH3 is 1. The average Bonchev–Trinajstić information content (AvgIpc) is 2.60. The zero-order valence-electron chi connectivity index (χ0n) is 13.3. The Morgan fingerprint density at radius 2 is 1.75 bits per heavy atom. The van der Waals surface area contributed by atoms with Gasteiger partial charge in [0.05, 0.1) is 19.2 Å². The molecule has 0 bridgehead atoms. The molecule has 2 aromatic carbocycles. The van der Waals surface area contributed by atoms with E-state index < -0.39 is 11.7 Å². The van der Waals surface area contributed by atoms with Crippen molar-refractivity contribution in [3.8, 4) is 5.75 Å². The molecule has 2 rings (SSSR count). The van der Waals surface area contributed by atoms with Gasteiger partial charge in [0.15, 0.2) is 0 Å². The van der Waals surface area contributed by atoms with Gasteiger partial charge in [0.25, 0.3) is 5.91 Å². The Morgan fingerprint density at radius 3 is 2.42 bits per heavy atom. The highest BCUT2D eigenvalue weighted by molar-refractivity contribution is 5.96. The molecule has 0 unspecified atom stereocenters. The number of rotatable bonds is 7. The maximum absolute atomic E-state index is 13.4. The van der Waals surface area contributed by atoms with Crippen LogP contribution in [0.2, 0.25) is 0 Å². The number of carbonyl (C=O) groups is 2. The number of hydrogen-bond acceptors (Lipinski definition) is 3. The smallest absolute Gasteiger partial charge is 0.254 e. The highest BCUT2D eigenvalue weighted by atomic mass is 19.1. The second-order valence-corrected chi connectivity index (χ2v) is 5.11. The lowest BCUT2D eigenvalue weighted by Crippen LogP contribution is -2.37. The van der Waals surface area contributed by atoms with Crippen LogP contribution in [0.1, 0.15) is 15.9 Å². The van der Waals surface area contributed by atoms with E-state index >= 15 is 0 Å². The van der Waals surface area contributed by atoms with Gasteiger partial charge in [-0.1, -0.05) is 24.3 Å². The Hall–Kier alpha value is -2.89. The molecule has 6 heteroatoms. The minimum absolute atomic E-state index is 0.0801. The van der Waals surface area contributed by atoms with Crippen LogP contribution in [0, 0.1) is 5.82 Å². The molecule has 0 saturated heterocycles. The summed E-state index contributed by atoms with van der Waals surface area (Å²) in [6.45, 7) is 0.247. The Morgan fingerprint density at radius 1 is 1.04 bits per heavy atom. The van der Waals surface area contributed by atoms with E-state index in [2.05, 4.69) is 10.6 Å². The first-order valence-electron chi connectivity index (χ1n) is 7.52. The van der Waals surface area contributed by atoms with Crippen molar-refractivity contribution in [1.29, 1.82) is 0 Å². The van der Waals surface area contributed by atoms with E-state index in [9.17, 15) is 14.0 Å². The quantitative estimate of drug-likeness (QED) is 0.815. The van der Waals surface area contributed by atoms with Gasteiger partial charge in [-0.25, -0.2) is 4.39 Å². The van der Waals surface area contributed by atoms with Gasteiger partial charge >= 0.3 is 0 Å². The molecule has 0 aliphatic rings. The van der Waals surface area contributed by atoms with Crippen LogP contribution >= 0.6 is 0 Å². The molecular weight excluding hydrogens is 311 g/mol. The van der Waals surface area contributed by atoms with Gasteiger partial charge in [0, 0.05) is 6.54 Å². The SMILES string of the molecule is COc1ccc(CCNC(=O)CNC(=O)c2ccccc2F)cc1. The Labute approximate surface area is 139 Å². The van der Waals surface area contributed by atoms with Crippen LogP contribution in [0.25, 0.3) is 0 Å². The minimum atomic E-state index is -0.616. The predicted octanol–water partition coefficient (Wildman–Crippen LogP) is 1.92. The molecule has 0 aromatic heterocycles. The fourth-order valence-electron chi connectivity index (χ4n) is 2.10. The molecule has 0 radical (unpaired) electrons. The van der Waals surface area contributed by atoms with Crippen molar-refractivity contribution in [3.05, 3.63) is 65.5 Å². The van der Waals surface area contributed by atoms with Crippen LogP contribution in [-0.2, 0) is 11.2 Å². The van der Waals surface area contributed by atoms with Crippen molar-refractivity contribution in [2.24, 2.45) is 0 Å². The van der Waals surface area contributed by atoms with Crippen molar-refractivity contribution < 1.29 is 18.7 Å². The number of hydrogen-bond donors (Lipinski definition) is 2. The van der Waals surface area contributed by atoms with E-state index in [0.717, 1.165) is 11.3 Å². The van der Waals surface area contributed by atoms with E-state index in [1.165, 1.54) is 18.2 Å². The van der Waals surface area contributed by atoms with Gasteiger partial charge < -0.3 is 15.4 Å². The molecule has 2 amide bonds. The van der Waals surface area contributed by atoms with Gasteiger partial charge in [0.2, 0.25) is 5.91 Å². The first kappa shape index (κ1) is 17.5. The van der Waals surface area contributed by atoms with Gasteiger partial charge in [-0.15, -0.1) is 0 Å². The van der Waals surface area contributed by atoms with Gasteiger partial charge in [0.1, 0.15) is 11.6 Å². The van der Waals surface area contributed by atoms with Crippen LogP contribution < -0.4 is 15.4 Å². The molecule has 2 aromatic rings. The summed E-state index contributed by atoms with van der Waals surface area (Å²) in [5.74, 6) is -0.778. The van der Waals surface area contributed by atoms with E-state index in [1.807, 2.05) is 24.3 Å². The van der Waals surface area contributed by atoms with Crippen LogP contribution in [0.4, 0.5) is 4.39 Å². The minimum Gasteiger partial charge on any atom is -0.497 e. The summed E-state index contributed by atoms with van der Waals surface area (Å²) < 4.78 is 18.5. The third kappa shape index (κ3) is 5.08. The van der Waals surface area contributed by atoms with E-state index in [4.69, 9.17) is 4.74 Å². The molecule has 126 valence electrons. The van der Waals surface area contributed by atoms with Crippen molar-refractivity contribution in [1.82, 2.24) is 10.6 Å². The summed E-state index contributed by atoms with van der Waals surface area (Å²) in [5.41, 5.74) is 0.982. The summed E-state index contributed by atoms with van der Waals surface area (Å²) in [4.78, 5) is 23.5. The van der Waals surface area contributed by atoms with Crippen LogP contribution in [0.15, 0.2) is 48.5 Å². The van der Waals surface area contributed by atoms with Gasteiger partial charge in [-0.2, -0.15) is 0 Å². The topological polar surface area (TPSA) is 67.4 Å². The molecule has 0 heterocycles. The highest BCUT2D eigenvalue weighted by Gasteiger charge is 2.11. The standard InChI is InChI=1S/C18H19FN2O3/c1-24-14-8-6-13(7-9-14)10-11-20-17(22)12-21-18(23)15-4-2-3-5-16(15)19/h2-9H,10-12H2,1H3,(H,20,22)(H,21,23). The molecule has 0 aliphatic carbocycles. The van der Waals surface area contributed by atoms with Crippen LogP contribution in [0.3, 0.4) is 0 Å². The zero-order valence-corrected chi connectivity index (χ0v) is 13.3. The second-order valence-electron chi connectivity index (χ2n) is 5.11. The molecule has 24 heavy (non-hydrogen) atoms. The summed E-state index contributed by atoms with van der Waals surface area (Å²) in [5, 5.41) is 5.10. The van der Waals surface area contributed by atoms with Crippen molar-refractivity contribution >= 4 is 11.8 Å². The van der Waals surface area contributed by atoms with E-state index in [0.29, 0.717) is 13.0 Å². The summed E-state index contributed by atoms with van der Waals surface area (Å²) in [6.07, 6.45) is 0.664. The number of carbonyl (C=O) groups excluding carboxylic acids is 2. The molecule has 0 atom stereocenters. The number of nitrogens with one attached hydrogen (secondary N) is 2. The lowest BCUT2D eigenvalue weighted by Gasteiger charge is -2.08. The van der Waals surface area contributed by atoms with Crippen molar-refractivity contribution in [2.75, 3.05) is 20.2 Å². The molecule has 0 fully saturated rings. The molecule has 0 saturated carbocycles. The van der Waals surface area contributed by atoms with Gasteiger partial charge in [-0.3, -0.25) is 9.59 Å². The first-order chi connectivity index (χ1) is 11.6. The third-order valence-electron chi connectivity index (χ3n) is 3.42. The van der Waals surface area contributed by atoms with E-state index in [-0.39, 0.29) is 18.0 Å². The normalized spacial score (nSPS) is 10.1. The maximum Gasteiger partial charge on any atom is 0.254 e. The molecule has 0 aliphatic heterocycles. The Kier molecular flexibility index (Phi) is 6.31. The molecular formula is C18H19FN2O3. The summed E-state index contributed by atoms with van der Waals surface area (Å²) >= 11 is 0. The molecule has 5 nitrogen and oxygen atoms in total. The number of halogens is 1. The number of amides is 2. The number of benzene rings is 2. The Bertz CT molecular complexity index is 702. The summed E-state index contributed by atoms with van der Waals surface area (Å²) in [7, 11) is 1.60. The largest absolute Gasteiger partial charge is 0.497 e. The van der Waals surface area contributed by atoms with Crippen molar-refractivity contribution in [2.45, 2.75) is 6.42 Å². The van der Waals surface area contributed by atoms with Crippen LogP contribution in [0.5, 0.6) is 5.75 Å². The maximum atomic E-state index is 13.4. The predicted molar refractivity (Wildman–Crippen MR) is 88.4 cm³/mol. The second kappa shape index (κ2) is 8.67. The average molecular weight is 330 g/mol. The lowest BCUT2D eigenvalue weighted by molar-refractivity contribution is -0.120. The molecule has 0 spiro atoms. The van der Waals surface area contributed by atoms with Gasteiger partial charge in [-0.05, 0) is 36.2 Å². The summed E-state index contributed by atoms with van der Waals surface area (Å²) in [6, 6.07) is 13.2. The first-order valence-corrected chi connectivity index (χ1v) is 7.52. The van der Waals surface area contributed by atoms with E-state index in [1.54, 1.807) is 13.2 Å². The highest BCUT2D eigenvalue weighted by Crippen LogP contribution is 2.11. The zero-order chi connectivity index (χ0) is 17.4. The number of ether oxygens (including phenoxy) is 1. The third-order valence-corrected chi connectivity index (χ3v) is 3.42. The fourth-order valence-corrected chi connectivity index (χ4v) is 2.10. The fraction of sp³-hybridized carbons (Fsp3) is 0.222. The molecule has 2 N–H and O–H groups in total. The van der Waals surface area contributed by atoms with Crippen LogP contribution in [-0.4, -0.2) is 32.0 Å². The van der Waals surface area contributed by atoms with Crippen molar-refractivity contribution in [3.63, 3.8) is 0 Å². The monoisotopic (exact) mass is 330 g/mol. The lowest BCUT2D eigenvalue weighted by atomic mass is 10.1. The Balaban J connectivity index is 1.71.